The molecule has 0 radical (unpaired) electrons. The number of nitrogens with one attached hydrogen (secondary N) is 1. The maximum Gasteiger partial charge on any atom is 0.293 e. The number of hydrogen-bond donors (Lipinski definition) is 2. The van der Waals surface area contributed by atoms with E-state index < -0.39 is 21.1 Å². The number of benzene rings is 2. The smallest absolute Gasteiger partial charge is 0.293 e. The van der Waals surface area contributed by atoms with Gasteiger partial charge in [0.05, 0.1) is 30.5 Å². The topological polar surface area (TPSA) is 105 Å². The summed E-state index contributed by atoms with van der Waals surface area (Å²) in [4.78, 5) is 11.7. The quantitative estimate of drug-likeness (QED) is 0.360. The van der Waals surface area contributed by atoms with Gasteiger partial charge in [-0.2, -0.15) is 0 Å². The summed E-state index contributed by atoms with van der Waals surface area (Å²) in [5.74, 6) is 0. The van der Waals surface area contributed by atoms with Gasteiger partial charge in [-0.15, -0.1) is 0 Å². The molecule has 2 N–H and O–H groups in total. The average molecular weight is 430 g/mol. The van der Waals surface area contributed by atoms with Crippen molar-refractivity contribution in [2.24, 2.45) is 0 Å². The highest BCUT2D eigenvalue weighted by Gasteiger charge is 2.32. The summed E-state index contributed by atoms with van der Waals surface area (Å²) in [6.07, 6.45) is -0.991. The summed E-state index contributed by atoms with van der Waals surface area (Å²) in [6.45, 7) is 1.84. The van der Waals surface area contributed by atoms with Crippen molar-refractivity contribution >= 4 is 21.4 Å². The maximum atomic E-state index is 13.2. The van der Waals surface area contributed by atoms with E-state index in [4.69, 9.17) is 0 Å². The number of halogens is 1. The molecule has 1 atom stereocenters. The predicted octanol–water partition coefficient (Wildman–Crippen LogP) is -2.39. The van der Waals surface area contributed by atoms with Gasteiger partial charge in [-0.3, -0.25) is 14.4 Å². The van der Waals surface area contributed by atoms with Gasteiger partial charge >= 0.3 is 0 Å². The van der Waals surface area contributed by atoms with Crippen LogP contribution in [0.1, 0.15) is 5.56 Å². The number of nitrogens with zero attached hydrogens (tertiary/aromatic N) is 2. The number of hydrogen-bond acceptors (Lipinski definition) is 5. The Bertz CT molecular complexity index is 904. The van der Waals surface area contributed by atoms with Crippen LogP contribution in [0.3, 0.4) is 0 Å². The molecular formula is C18H24ClN3O5S. The third-order valence-corrected chi connectivity index (χ3v) is 5.77. The molecule has 0 saturated heterocycles. The molecule has 0 bridgehead atoms. The second-order valence-corrected chi connectivity index (χ2v) is 8.52. The lowest BCUT2D eigenvalue weighted by Crippen LogP contribution is -3.07. The van der Waals surface area contributed by atoms with Crippen molar-refractivity contribution in [2.45, 2.75) is 17.9 Å². The third-order valence-electron chi connectivity index (χ3n) is 3.98. The van der Waals surface area contributed by atoms with Crippen LogP contribution in [0, 0.1) is 17.0 Å². The Hall–Kier alpha value is -2.20. The van der Waals surface area contributed by atoms with Gasteiger partial charge in [0.1, 0.15) is 18.3 Å². The van der Waals surface area contributed by atoms with Crippen LogP contribution in [-0.4, -0.2) is 51.7 Å². The molecular weight excluding hydrogens is 406 g/mol. The Labute approximate surface area is 171 Å². The number of anilines is 1. The van der Waals surface area contributed by atoms with Crippen LogP contribution < -0.4 is 21.6 Å². The number of quaternary nitrogens is 1. The van der Waals surface area contributed by atoms with E-state index in [1.165, 1.54) is 36.4 Å². The monoisotopic (exact) mass is 429 g/mol. The Kier molecular flexibility index (Phi) is 8.37. The lowest BCUT2D eigenvalue weighted by molar-refractivity contribution is -0.861. The Balaban J connectivity index is 0.00000392. The summed E-state index contributed by atoms with van der Waals surface area (Å²) >= 11 is 0. The van der Waals surface area contributed by atoms with E-state index in [2.05, 4.69) is 0 Å². The fourth-order valence-corrected chi connectivity index (χ4v) is 4.24. The van der Waals surface area contributed by atoms with Gasteiger partial charge in [-0.1, -0.05) is 29.8 Å². The Morgan fingerprint density at radius 3 is 2.25 bits per heavy atom. The van der Waals surface area contributed by atoms with Crippen molar-refractivity contribution in [3.63, 3.8) is 0 Å². The number of nitro benzene ring substituents is 1. The second kappa shape index (κ2) is 9.83. The highest BCUT2D eigenvalue weighted by atomic mass is 35.5. The summed E-state index contributed by atoms with van der Waals surface area (Å²) in [6, 6.07) is 11.8. The second-order valence-electron chi connectivity index (χ2n) is 6.66. The van der Waals surface area contributed by atoms with E-state index in [0.29, 0.717) is 6.54 Å². The fraction of sp³-hybridized carbons (Fsp3) is 0.333. The molecule has 0 fully saturated rings. The molecule has 1 unspecified atom stereocenters. The van der Waals surface area contributed by atoms with E-state index in [-0.39, 0.29) is 35.2 Å². The molecule has 0 amide bonds. The first-order valence-corrected chi connectivity index (χ1v) is 9.87. The van der Waals surface area contributed by atoms with Crippen LogP contribution in [0.2, 0.25) is 0 Å². The Morgan fingerprint density at radius 2 is 1.71 bits per heavy atom. The van der Waals surface area contributed by atoms with E-state index in [1.54, 1.807) is 12.1 Å². The van der Waals surface area contributed by atoms with Crippen molar-refractivity contribution in [3.05, 3.63) is 64.2 Å². The van der Waals surface area contributed by atoms with Crippen molar-refractivity contribution < 1.29 is 35.8 Å². The first-order chi connectivity index (χ1) is 12.6. The molecule has 0 aliphatic carbocycles. The molecule has 28 heavy (non-hydrogen) atoms. The number of sulfonamides is 1. The van der Waals surface area contributed by atoms with E-state index >= 15 is 0 Å². The molecule has 0 spiro atoms. The van der Waals surface area contributed by atoms with Gasteiger partial charge in [-0.25, -0.2) is 8.42 Å². The van der Waals surface area contributed by atoms with Gasteiger partial charge in [0.15, 0.2) is 0 Å². The van der Waals surface area contributed by atoms with Gasteiger partial charge in [0.2, 0.25) is 0 Å². The van der Waals surface area contributed by atoms with E-state index in [9.17, 15) is 23.6 Å². The first kappa shape index (κ1) is 23.8. The van der Waals surface area contributed by atoms with Crippen LogP contribution in [0.25, 0.3) is 0 Å². The summed E-state index contributed by atoms with van der Waals surface area (Å²) in [5.41, 5.74) is 0.482. The SMILES string of the molecule is Cc1ccc(S(=O)(=O)N(CC(O)C[NH+](C)C)c2ccccc2[N+](=O)[O-])cc1.[Cl-]. The van der Waals surface area contributed by atoms with Gasteiger partial charge in [0, 0.05) is 6.07 Å². The zero-order chi connectivity index (χ0) is 20.2. The first-order valence-electron chi connectivity index (χ1n) is 8.43. The number of likely N-dealkylation sites (N-methyl/N-ethyl adjacent to an activating group) is 1. The average Bonchev–Trinajstić information content (AvgIpc) is 2.59. The summed E-state index contributed by atoms with van der Waals surface area (Å²) in [7, 11) is -0.445. The van der Waals surface area contributed by atoms with Crippen molar-refractivity contribution in [3.8, 4) is 0 Å². The molecule has 0 saturated carbocycles. The molecule has 0 aromatic heterocycles. The standard InChI is InChI=1S/C18H23N3O5S.ClH/c1-14-8-10-16(11-9-14)27(25,26)20(13-15(22)12-19(2)3)17-6-4-5-7-18(17)21(23)24;/h4-11,15,22H,12-13H2,1-3H3;1H. The predicted molar refractivity (Wildman–Crippen MR) is 102 cm³/mol. The van der Waals surface area contributed by atoms with Crippen LogP contribution in [0.15, 0.2) is 53.4 Å². The molecule has 10 heteroatoms. The molecule has 0 aliphatic heterocycles. The van der Waals surface area contributed by atoms with E-state index in [1.807, 2.05) is 21.0 Å². The molecule has 0 heterocycles. The van der Waals surface area contributed by atoms with Crippen LogP contribution in [0.4, 0.5) is 11.4 Å². The highest BCUT2D eigenvalue weighted by Crippen LogP contribution is 2.32. The van der Waals surface area contributed by atoms with Crippen LogP contribution >= 0.6 is 0 Å². The molecule has 2 aromatic carbocycles. The number of aryl methyl sites for hydroxylation is 1. The van der Waals surface area contributed by atoms with Gasteiger partial charge in [0.25, 0.3) is 15.7 Å². The summed E-state index contributed by atoms with van der Waals surface area (Å²) in [5, 5.41) is 21.8. The summed E-state index contributed by atoms with van der Waals surface area (Å²) < 4.78 is 27.4. The number of aliphatic hydroxyl groups excluding tert-OH is 1. The molecule has 2 aromatic rings. The minimum atomic E-state index is -4.10. The normalized spacial score (nSPS) is 12.3. The zero-order valence-electron chi connectivity index (χ0n) is 15.9. The number of nitro groups is 1. The number of para-hydroxylation sites is 2. The largest absolute Gasteiger partial charge is 1.00 e. The third kappa shape index (κ3) is 5.65. The minimum Gasteiger partial charge on any atom is -1.00 e. The van der Waals surface area contributed by atoms with Crippen molar-refractivity contribution in [1.82, 2.24) is 0 Å². The minimum absolute atomic E-state index is 0. The van der Waals surface area contributed by atoms with Crippen LogP contribution in [0.5, 0.6) is 0 Å². The fourth-order valence-electron chi connectivity index (χ4n) is 2.72. The van der Waals surface area contributed by atoms with Crippen LogP contribution in [-0.2, 0) is 10.0 Å². The number of rotatable bonds is 8. The molecule has 0 aliphatic rings. The van der Waals surface area contributed by atoms with Crippen molar-refractivity contribution in [1.29, 1.82) is 0 Å². The van der Waals surface area contributed by atoms with E-state index in [0.717, 1.165) is 14.8 Å². The lowest BCUT2D eigenvalue weighted by Gasteiger charge is -2.27. The molecule has 154 valence electrons. The zero-order valence-corrected chi connectivity index (χ0v) is 17.4. The number of aliphatic hydroxyl groups is 1. The molecule has 8 nitrogen and oxygen atoms in total. The highest BCUT2D eigenvalue weighted by molar-refractivity contribution is 7.92. The van der Waals surface area contributed by atoms with Gasteiger partial charge in [-0.05, 0) is 25.1 Å². The lowest BCUT2D eigenvalue weighted by atomic mass is 10.2. The maximum absolute atomic E-state index is 13.2. The van der Waals surface area contributed by atoms with Gasteiger partial charge < -0.3 is 22.4 Å². The van der Waals surface area contributed by atoms with Crippen molar-refractivity contribution in [2.75, 3.05) is 31.5 Å². The molecule has 2 rings (SSSR count). The Morgan fingerprint density at radius 1 is 1.14 bits per heavy atom.